The Morgan fingerprint density at radius 1 is 0.781 bits per heavy atom. The van der Waals surface area contributed by atoms with Crippen LogP contribution in [0.15, 0.2) is 30.0 Å². The van der Waals surface area contributed by atoms with Crippen molar-refractivity contribution in [3.63, 3.8) is 0 Å². The van der Waals surface area contributed by atoms with Crippen molar-refractivity contribution < 1.29 is 9.59 Å². The SMILES string of the molecule is CCCCCCCCCCCCCCCCNC(=O)C(=Cc1ccccc1C)NC(C)=O. The lowest BCUT2D eigenvalue weighted by atomic mass is 10.0. The molecule has 0 heterocycles. The molecular formula is C28H46N2O2. The first kappa shape index (κ1) is 27.9. The molecule has 0 aliphatic carbocycles. The fourth-order valence-electron chi connectivity index (χ4n) is 3.87. The summed E-state index contributed by atoms with van der Waals surface area (Å²) in [6, 6.07) is 7.82. The van der Waals surface area contributed by atoms with E-state index < -0.39 is 0 Å². The maximum absolute atomic E-state index is 12.5. The Balaban J connectivity index is 2.12. The number of amides is 2. The van der Waals surface area contributed by atoms with E-state index in [4.69, 9.17) is 0 Å². The zero-order valence-corrected chi connectivity index (χ0v) is 20.8. The Hall–Kier alpha value is -2.10. The van der Waals surface area contributed by atoms with Crippen LogP contribution in [-0.2, 0) is 9.59 Å². The summed E-state index contributed by atoms with van der Waals surface area (Å²) in [5.41, 5.74) is 2.30. The van der Waals surface area contributed by atoms with Crippen LogP contribution >= 0.6 is 0 Å². The summed E-state index contributed by atoms with van der Waals surface area (Å²) in [4.78, 5) is 24.0. The van der Waals surface area contributed by atoms with Crippen LogP contribution in [0.2, 0.25) is 0 Å². The van der Waals surface area contributed by atoms with Gasteiger partial charge in [-0.3, -0.25) is 9.59 Å². The van der Waals surface area contributed by atoms with Gasteiger partial charge in [-0.1, -0.05) is 115 Å². The van der Waals surface area contributed by atoms with Crippen molar-refractivity contribution in [2.45, 2.75) is 111 Å². The Bertz CT molecular complexity index is 682. The Morgan fingerprint density at radius 3 is 1.78 bits per heavy atom. The zero-order chi connectivity index (χ0) is 23.4. The predicted octanol–water partition coefficient (Wildman–Crippen LogP) is 7.07. The number of unbranched alkanes of at least 4 members (excludes halogenated alkanes) is 13. The highest BCUT2D eigenvalue weighted by atomic mass is 16.2. The van der Waals surface area contributed by atoms with Crippen LogP contribution in [0.4, 0.5) is 0 Å². The molecule has 1 aromatic carbocycles. The molecule has 32 heavy (non-hydrogen) atoms. The normalized spacial score (nSPS) is 11.4. The number of carbonyl (C=O) groups is 2. The summed E-state index contributed by atoms with van der Waals surface area (Å²) >= 11 is 0. The molecule has 1 aromatic rings. The molecular weight excluding hydrogens is 396 g/mol. The largest absolute Gasteiger partial charge is 0.351 e. The number of carbonyl (C=O) groups excluding carboxylic acids is 2. The summed E-state index contributed by atoms with van der Waals surface area (Å²) in [5.74, 6) is -0.463. The van der Waals surface area contributed by atoms with Gasteiger partial charge in [0.05, 0.1) is 0 Å². The third kappa shape index (κ3) is 14.1. The standard InChI is InChI=1S/C28H46N2O2/c1-4-5-6-7-8-9-10-11-12-13-14-15-16-19-22-29-28(32)27(30-25(3)31)23-26-21-18-17-20-24(26)2/h17-18,20-21,23H,4-16,19,22H2,1-3H3,(H,29,32)(H,30,31). The van der Waals surface area contributed by atoms with Crippen LogP contribution in [0.5, 0.6) is 0 Å². The van der Waals surface area contributed by atoms with E-state index in [1.165, 1.54) is 84.0 Å². The molecule has 0 fully saturated rings. The van der Waals surface area contributed by atoms with Gasteiger partial charge in [0.1, 0.15) is 5.70 Å². The molecule has 0 aliphatic rings. The van der Waals surface area contributed by atoms with Gasteiger partial charge in [0.25, 0.3) is 5.91 Å². The topological polar surface area (TPSA) is 58.2 Å². The third-order valence-electron chi connectivity index (χ3n) is 5.86. The molecule has 180 valence electrons. The maximum Gasteiger partial charge on any atom is 0.267 e. The molecule has 0 aromatic heterocycles. The van der Waals surface area contributed by atoms with Crippen LogP contribution in [-0.4, -0.2) is 18.4 Å². The summed E-state index contributed by atoms with van der Waals surface area (Å²) in [6.45, 7) is 6.32. The highest BCUT2D eigenvalue weighted by molar-refractivity contribution is 6.01. The predicted molar refractivity (Wildman–Crippen MR) is 136 cm³/mol. The second-order valence-corrected chi connectivity index (χ2v) is 8.95. The molecule has 0 saturated heterocycles. The van der Waals surface area contributed by atoms with E-state index in [-0.39, 0.29) is 11.8 Å². The van der Waals surface area contributed by atoms with Gasteiger partial charge in [-0.2, -0.15) is 0 Å². The van der Waals surface area contributed by atoms with Gasteiger partial charge in [0.15, 0.2) is 0 Å². The van der Waals surface area contributed by atoms with Crippen LogP contribution < -0.4 is 10.6 Å². The number of rotatable bonds is 18. The fourth-order valence-corrected chi connectivity index (χ4v) is 3.87. The molecule has 1 rings (SSSR count). The molecule has 0 atom stereocenters. The number of hydrogen-bond acceptors (Lipinski definition) is 2. The van der Waals surface area contributed by atoms with E-state index in [1.54, 1.807) is 6.08 Å². The highest BCUT2D eigenvalue weighted by Crippen LogP contribution is 2.13. The summed E-state index contributed by atoms with van der Waals surface area (Å²) in [6.07, 6.45) is 20.2. The van der Waals surface area contributed by atoms with Crippen LogP contribution in [0, 0.1) is 6.92 Å². The van der Waals surface area contributed by atoms with E-state index in [9.17, 15) is 9.59 Å². The molecule has 0 bridgehead atoms. The van der Waals surface area contributed by atoms with E-state index in [0.717, 1.165) is 24.0 Å². The minimum atomic E-state index is -0.239. The van der Waals surface area contributed by atoms with Crippen molar-refractivity contribution in [2.24, 2.45) is 0 Å². The van der Waals surface area contributed by atoms with Gasteiger partial charge < -0.3 is 10.6 Å². The average molecular weight is 443 g/mol. The van der Waals surface area contributed by atoms with E-state index in [0.29, 0.717) is 12.2 Å². The van der Waals surface area contributed by atoms with E-state index >= 15 is 0 Å². The highest BCUT2D eigenvalue weighted by Gasteiger charge is 2.11. The molecule has 2 N–H and O–H groups in total. The number of hydrogen-bond donors (Lipinski definition) is 2. The Kier molecular flexibility index (Phi) is 16.1. The first-order chi connectivity index (χ1) is 15.5. The molecule has 4 heteroatoms. The lowest BCUT2D eigenvalue weighted by Gasteiger charge is -2.10. The third-order valence-corrected chi connectivity index (χ3v) is 5.86. The zero-order valence-electron chi connectivity index (χ0n) is 20.8. The first-order valence-electron chi connectivity index (χ1n) is 12.9. The molecule has 0 aliphatic heterocycles. The summed E-state index contributed by atoms with van der Waals surface area (Å²) in [5, 5.41) is 5.62. The minimum Gasteiger partial charge on any atom is -0.351 e. The summed E-state index contributed by atoms with van der Waals surface area (Å²) < 4.78 is 0. The van der Waals surface area contributed by atoms with Gasteiger partial charge in [-0.05, 0) is 30.5 Å². The molecule has 0 radical (unpaired) electrons. The van der Waals surface area contributed by atoms with Gasteiger partial charge in [-0.15, -0.1) is 0 Å². The monoisotopic (exact) mass is 442 g/mol. The van der Waals surface area contributed by atoms with Gasteiger partial charge in [-0.25, -0.2) is 0 Å². The van der Waals surface area contributed by atoms with Crippen molar-refractivity contribution in [2.75, 3.05) is 6.54 Å². The maximum atomic E-state index is 12.5. The van der Waals surface area contributed by atoms with E-state index in [2.05, 4.69) is 17.6 Å². The van der Waals surface area contributed by atoms with Gasteiger partial charge in [0.2, 0.25) is 5.91 Å². The Morgan fingerprint density at radius 2 is 1.28 bits per heavy atom. The average Bonchev–Trinajstić information content (AvgIpc) is 2.77. The Labute approximate surface area is 196 Å². The van der Waals surface area contributed by atoms with Crippen molar-refractivity contribution in [1.82, 2.24) is 10.6 Å². The van der Waals surface area contributed by atoms with Crippen molar-refractivity contribution >= 4 is 17.9 Å². The van der Waals surface area contributed by atoms with Crippen molar-refractivity contribution in [3.05, 3.63) is 41.1 Å². The smallest absolute Gasteiger partial charge is 0.267 e. The number of nitrogens with one attached hydrogen (secondary N) is 2. The van der Waals surface area contributed by atoms with Crippen molar-refractivity contribution in [1.29, 1.82) is 0 Å². The summed E-state index contributed by atoms with van der Waals surface area (Å²) in [7, 11) is 0. The first-order valence-corrected chi connectivity index (χ1v) is 12.9. The molecule has 0 saturated carbocycles. The van der Waals surface area contributed by atoms with Crippen LogP contribution in [0.3, 0.4) is 0 Å². The minimum absolute atomic E-state index is 0.224. The molecule has 0 unspecified atom stereocenters. The van der Waals surface area contributed by atoms with Gasteiger partial charge >= 0.3 is 0 Å². The number of benzene rings is 1. The number of aryl methyl sites for hydroxylation is 1. The fraction of sp³-hybridized carbons (Fsp3) is 0.643. The molecule has 2 amide bonds. The lowest BCUT2D eigenvalue weighted by Crippen LogP contribution is -2.34. The quantitative estimate of drug-likeness (QED) is 0.189. The van der Waals surface area contributed by atoms with Crippen LogP contribution in [0.1, 0.15) is 115 Å². The lowest BCUT2D eigenvalue weighted by molar-refractivity contribution is -0.122. The van der Waals surface area contributed by atoms with Gasteiger partial charge in [0, 0.05) is 13.5 Å². The second kappa shape index (κ2) is 18.5. The second-order valence-electron chi connectivity index (χ2n) is 8.95. The van der Waals surface area contributed by atoms with E-state index in [1.807, 2.05) is 31.2 Å². The molecule has 4 nitrogen and oxygen atoms in total. The molecule has 0 spiro atoms. The van der Waals surface area contributed by atoms with Crippen LogP contribution in [0.25, 0.3) is 6.08 Å². The van der Waals surface area contributed by atoms with Crippen molar-refractivity contribution in [3.8, 4) is 0 Å².